The lowest BCUT2D eigenvalue weighted by Gasteiger charge is -2.20. The van der Waals surface area contributed by atoms with Crippen molar-refractivity contribution in [3.63, 3.8) is 0 Å². The fourth-order valence-corrected chi connectivity index (χ4v) is 1.22. The Bertz CT molecular complexity index is 261. The summed E-state index contributed by atoms with van der Waals surface area (Å²) in [6.45, 7) is 0. The lowest BCUT2D eigenvalue weighted by Crippen LogP contribution is -2.20. The van der Waals surface area contributed by atoms with E-state index >= 15 is 0 Å². The molecular formula is C9H9BN. The molecule has 0 saturated heterocycles. The predicted octanol–water partition coefficient (Wildman–Crippen LogP) is 1.79. The molecule has 1 nitrogen and oxygen atoms in total. The minimum Gasteiger partial charge on any atom is -0.395 e. The van der Waals surface area contributed by atoms with Gasteiger partial charge in [0.15, 0.2) is 0 Å². The van der Waals surface area contributed by atoms with Crippen LogP contribution in [0.15, 0.2) is 48.3 Å². The summed E-state index contributed by atoms with van der Waals surface area (Å²) in [6, 6.07) is 0. The van der Waals surface area contributed by atoms with Crippen LogP contribution in [0.3, 0.4) is 0 Å². The SMILES string of the molecule is [B]1C=CC=CN1C1=CC=CC1. The van der Waals surface area contributed by atoms with Crippen LogP contribution in [0.25, 0.3) is 0 Å². The Morgan fingerprint density at radius 3 is 2.91 bits per heavy atom. The van der Waals surface area contributed by atoms with Gasteiger partial charge >= 0.3 is 0 Å². The molecule has 0 atom stereocenters. The van der Waals surface area contributed by atoms with E-state index in [-0.39, 0.29) is 0 Å². The fraction of sp³-hybridized carbons (Fsp3) is 0.111. The smallest absolute Gasteiger partial charge is 0.281 e. The molecular weight excluding hydrogens is 133 g/mol. The standard InChI is InChI=1S/C9H9BN/c1-2-6-9(5-1)11-8-4-3-7-10-11/h1-5,7-8H,6H2. The van der Waals surface area contributed by atoms with Crippen molar-refractivity contribution in [3.05, 3.63) is 48.3 Å². The van der Waals surface area contributed by atoms with Gasteiger partial charge in [-0.2, -0.15) is 0 Å². The highest BCUT2D eigenvalue weighted by Crippen LogP contribution is 2.16. The van der Waals surface area contributed by atoms with E-state index in [0.29, 0.717) is 0 Å². The predicted molar refractivity (Wildman–Crippen MR) is 47.7 cm³/mol. The molecule has 0 N–H and O–H groups in total. The second-order valence-corrected chi connectivity index (χ2v) is 2.57. The van der Waals surface area contributed by atoms with E-state index in [4.69, 9.17) is 0 Å². The minimum absolute atomic E-state index is 1.05. The number of allylic oxidation sites excluding steroid dienone is 5. The molecule has 2 aliphatic rings. The van der Waals surface area contributed by atoms with Crippen LogP contribution in [0.4, 0.5) is 0 Å². The van der Waals surface area contributed by atoms with Crippen molar-refractivity contribution in [3.8, 4) is 0 Å². The molecule has 0 fully saturated rings. The highest BCUT2D eigenvalue weighted by molar-refractivity contribution is 6.40. The largest absolute Gasteiger partial charge is 0.395 e. The Hall–Kier alpha value is -1.18. The lowest BCUT2D eigenvalue weighted by molar-refractivity contribution is 0.714. The molecule has 11 heavy (non-hydrogen) atoms. The second-order valence-electron chi connectivity index (χ2n) is 2.57. The van der Waals surface area contributed by atoms with E-state index in [1.165, 1.54) is 5.70 Å². The molecule has 0 spiro atoms. The van der Waals surface area contributed by atoms with Crippen LogP contribution in [0.5, 0.6) is 0 Å². The van der Waals surface area contributed by atoms with Crippen LogP contribution in [0.2, 0.25) is 0 Å². The van der Waals surface area contributed by atoms with Crippen molar-refractivity contribution in [2.75, 3.05) is 0 Å². The normalized spacial score (nSPS) is 20.4. The van der Waals surface area contributed by atoms with Crippen molar-refractivity contribution < 1.29 is 0 Å². The van der Waals surface area contributed by atoms with Crippen LogP contribution in [-0.4, -0.2) is 12.2 Å². The third-order valence-corrected chi connectivity index (χ3v) is 1.80. The first kappa shape index (κ1) is 6.53. The fourth-order valence-electron chi connectivity index (χ4n) is 1.22. The van der Waals surface area contributed by atoms with Crippen molar-refractivity contribution in [2.24, 2.45) is 0 Å². The zero-order chi connectivity index (χ0) is 7.52. The van der Waals surface area contributed by atoms with Gasteiger partial charge in [0.1, 0.15) is 0 Å². The summed E-state index contributed by atoms with van der Waals surface area (Å²) in [5.41, 5.74) is 1.34. The highest BCUT2D eigenvalue weighted by Gasteiger charge is 2.07. The lowest BCUT2D eigenvalue weighted by atomic mass is 9.88. The van der Waals surface area contributed by atoms with Crippen LogP contribution in [0.1, 0.15) is 6.42 Å². The molecule has 2 rings (SSSR count). The number of hydrogen-bond acceptors (Lipinski definition) is 1. The van der Waals surface area contributed by atoms with Gasteiger partial charge in [0, 0.05) is 12.1 Å². The topological polar surface area (TPSA) is 3.24 Å². The molecule has 0 saturated carbocycles. The molecule has 0 aromatic heterocycles. The van der Waals surface area contributed by atoms with Gasteiger partial charge in [-0.1, -0.05) is 24.2 Å². The molecule has 2 heteroatoms. The van der Waals surface area contributed by atoms with E-state index in [9.17, 15) is 0 Å². The third-order valence-electron chi connectivity index (χ3n) is 1.80. The van der Waals surface area contributed by atoms with E-state index in [2.05, 4.69) is 36.7 Å². The average molecular weight is 142 g/mol. The molecule has 0 bridgehead atoms. The number of rotatable bonds is 1. The van der Waals surface area contributed by atoms with Crippen molar-refractivity contribution in [1.82, 2.24) is 4.81 Å². The van der Waals surface area contributed by atoms with Gasteiger partial charge in [0.25, 0.3) is 7.41 Å². The monoisotopic (exact) mass is 142 g/mol. The Morgan fingerprint density at radius 1 is 1.27 bits per heavy atom. The van der Waals surface area contributed by atoms with Crippen molar-refractivity contribution >= 4 is 7.41 Å². The van der Waals surface area contributed by atoms with Crippen LogP contribution in [0, 0.1) is 0 Å². The molecule has 53 valence electrons. The molecule has 0 amide bonds. The summed E-state index contributed by atoms with van der Waals surface area (Å²) >= 11 is 0. The third kappa shape index (κ3) is 1.29. The van der Waals surface area contributed by atoms with Gasteiger partial charge in [-0.25, -0.2) is 0 Å². The Labute approximate surface area is 67.7 Å². The molecule has 0 aromatic carbocycles. The maximum Gasteiger partial charge on any atom is 0.281 e. The quantitative estimate of drug-likeness (QED) is 0.504. The van der Waals surface area contributed by atoms with Gasteiger partial charge in [0.05, 0.1) is 0 Å². The van der Waals surface area contributed by atoms with Crippen LogP contribution in [-0.2, 0) is 0 Å². The van der Waals surface area contributed by atoms with E-state index in [0.717, 1.165) is 6.42 Å². The summed E-state index contributed by atoms with van der Waals surface area (Å²) in [4.78, 5) is 2.14. The van der Waals surface area contributed by atoms with E-state index < -0.39 is 0 Å². The molecule has 1 aliphatic carbocycles. The van der Waals surface area contributed by atoms with Gasteiger partial charge in [0.2, 0.25) is 0 Å². The summed E-state index contributed by atoms with van der Waals surface area (Å²) in [5, 5.41) is 0. The number of hydrogen-bond donors (Lipinski definition) is 0. The van der Waals surface area contributed by atoms with Crippen molar-refractivity contribution in [1.29, 1.82) is 0 Å². The first-order valence-electron chi connectivity index (χ1n) is 3.79. The second kappa shape index (κ2) is 2.83. The summed E-state index contributed by atoms with van der Waals surface area (Å²) < 4.78 is 0. The summed E-state index contributed by atoms with van der Waals surface area (Å²) in [7, 11) is 2.07. The highest BCUT2D eigenvalue weighted by atomic mass is 15.0. The van der Waals surface area contributed by atoms with Crippen LogP contribution < -0.4 is 0 Å². The van der Waals surface area contributed by atoms with Gasteiger partial charge in [-0.15, -0.1) is 0 Å². The number of nitrogens with zero attached hydrogens (tertiary/aromatic N) is 1. The maximum atomic E-state index is 2.16. The van der Waals surface area contributed by atoms with Gasteiger partial charge in [-0.05, 0) is 18.4 Å². The molecule has 0 unspecified atom stereocenters. The Morgan fingerprint density at radius 2 is 2.27 bits per heavy atom. The van der Waals surface area contributed by atoms with E-state index in [1.54, 1.807) is 0 Å². The zero-order valence-electron chi connectivity index (χ0n) is 6.27. The van der Waals surface area contributed by atoms with Gasteiger partial charge < -0.3 is 4.81 Å². The Kier molecular flexibility index (Phi) is 1.68. The van der Waals surface area contributed by atoms with Crippen molar-refractivity contribution in [2.45, 2.75) is 6.42 Å². The van der Waals surface area contributed by atoms with Crippen LogP contribution >= 0.6 is 0 Å². The molecule has 1 heterocycles. The maximum absolute atomic E-state index is 2.16. The van der Waals surface area contributed by atoms with E-state index in [1.807, 2.05) is 18.1 Å². The first-order chi connectivity index (χ1) is 5.47. The Balaban J connectivity index is 2.06. The minimum atomic E-state index is 1.05. The summed E-state index contributed by atoms with van der Waals surface area (Å²) in [5.74, 6) is 2.04. The molecule has 1 radical (unpaired) electrons. The zero-order valence-corrected chi connectivity index (χ0v) is 6.27. The first-order valence-corrected chi connectivity index (χ1v) is 3.79. The average Bonchev–Trinajstić information content (AvgIpc) is 2.58. The molecule has 0 aromatic rings. The van der Waals surface area contributed by atoms with Gasteiger partial charge in [-0.3, -0.25) is 0 Å². The molecule has 1 aliphatic heterocycles. The summed E-state index contributed by atoms with van der Waals surface area (Å²) in [6.07, 6.45) is 13.6.